The van der Waals surface area contributed by atoms with Gasteiger partial charge in [0, 0.05) is 37.5 Å². The van der Waals surface area contributed by atoms with Crippen molar-refractivity contribution in [2.45, 2.75) is 51.6 Å². The van der Waals surface area contributed by atoms with Crippen molar-refractivity contribution in [2.24, 2.45) is 7.05 Å². The van der Waals surface area contributed by atoms with Gasteiger partial charge >= 0.3 is 0 Å². The molecule has 1 aliphatic heterocycles. The van der Waals surface area contributed by atoms with Crippen molar-refractivity contribution in [3.8, 4) is 0 Å². The molecule has 0 amide bonds. The van der Waals surface area contributed by atoms with E-state index >= 15 is 0 Å². The van der Waals surface area contributed by atoms with Gasteiger partial charge in [0.15, 0.2) is 0 Å². The average molecular weight is 251 g/mol. The molecule has 1 atom stereocenters. The van der Waals surface area contributed by atoms with Crippen LogP contribution in [0.25, 0.3) is 0 Å². The minimum Gasteiger partial charge on any atom is -0.380 e. The van der Waals surface area contributed by atoms with Gasteiger partial charge in [-0.25, -0.2) is 0 Å². The third-order valence-corrected chi connectivity index (χ3v) is 3.63. The molecule has 0 saturated carbocycles. The summed E-state index contributed by atoms with van der Waals surface area (Å²) in [7, 11) is 1.99. The maximum absolute atomic E-state index is 5.57. The van der Waals surface area contributed by atoms with Gasteiger partial charge in [-0.2, -0.15) is 5.10 Å². The van der Waals surface area contributed by atoms with Gasteiger partial charge in [-0.15, -0.1) is 0 Å². The summed E-state index contributed by atoms with van der Waals surface area (Å²) in [5.41, 5.74) is 2.62. The van der Waals surface area contributed by atoms with E-state index in [1.807, 2.05) is 11.7 Å². The van der Waals surface area contributed by atoms with Crippen LogP contribution in [0.3, 0.4) is 0 Å². The van der Waals surface area contributed by atoms with Crippen LogP contribution in [0.4, 0.5) is 0 Å². The molecule has 1 N–H and O–H groups in total. The van der Waals surface area contributed by atoms with Crippen molar-refractivity contribution in [1.29, 1.82) is 0 Å². The zero-order valence-electron chi connectivity index (χ0n) is 12.0. The fraction of sp³-hybridized carbons (Fsp3) is 0.786. The second-order valence-corrected chi connectivity index (χ2v) is 5.94. The summed E-state index contributed by atoms with van der Waals surface area (Å²) in [5.74, 6) is 0.471. The van der Waals surface area contributed by atoms with E-state index in [2.05, 4.69) is 37.4 Å². The van der Waals surface area contributed by atoms with Gasteiger partial charge in [-0.05, 0) is 25.7 Å². The van der Waals surface area contributed by atoms with E-state index in [0.29, 0.717) is 5.92 Å². The first-order valence-corrected chi connectivity index (χ1v) is 6.85. The summed E-state index contributed by atoms with van der Waals surface area (Å²) in [6.07, 6.45) is 4.45. The van der Waals surface area contributed by atoms with E-state index in [9.17, 15) is 0 Å². The fourth-order valence-electron chi connectivity index (χ4n) is 2.56. The molecule has 18 heavy (non-hydrogen) atoms. The van der Waals surface area contributed by atoms with E-state index < -0.39 is 0 Å². The second kappa shape index (κ2) is 5.41. The van der Waals surface area contributed by atoms with Crippen molar-refractivity contribution in [3.63, 3.8) is 0 Å². The molecule has 4 nitrogen and oxygen atoms in total. The normalized spacial score (nSPS) is 24.7. The van der Waals surface area contributed by atoms with E-state index in [0.717, 1.165) is 26.2 Å². The standard InChI is InChI=1S/C14H25N3O/c1-11(2)13-12(9-17(4)16-13)8-15-14(3)6-5-7-18-10-14/h9,11,15H,5-8,10H2,1-4H3. The highest BCUT2D eigenvalue weighted by molar-refractivity contribution is 5.20. The summed E-state index contributed by atoms with van der Waals surface area (Å²) in [6.45, 7) is 9.22. The smallest absolute Gasteiger partial charge is 0.0694 e. The monoisotopic (exact) mass is 251 g/mol. The van der Waals surface area contributed by atoms with Crippen molar-refractivity contribution < 1.29 is 4.74 Å². The number of aromatic nitrogens is 2. The second-order valence-electron chi connectivity index (χ2n) is 5.94. The van der Waals surface area contributed by atoms with Crippen LogP contribution in [0.2, 0.25) is 0 Å². The number of nitrogens with one attached hydrogen (secondary N) is 1. The Morgan fingerprint density at radius 3 is 2.94 bits per heavy atom. The Labute approximate surface area is 110 Å². The Morgan fingerprint density at radius 1 is 1.56 bits per heavy atom. The molecule has 0 spiro atoms. The Morgan fingerprint density at radius 2 is 2.33 bits per heavy atom. The summed E-state index contributed by atoms with van der Waals surface area (Å²) in [6, 6.07) is 0. The largest absolute Gasteiger partial charge is 0.380 e. The third kappa shape index (κ3) is 3.12. The van der Waals surface area contributed by atoms with Gasteiger partial charge < -0.3 is 10.1 Å². The van der Waals surface area contributed by atoms with Gasteiger partial charge in [-0.3, -0.25) is 4.68 Å². The molecule has 0 radical (unpaired) electrons. The quantitative estimate of drug-likeness (QED) is 0.891. The SMILES string of the molecule is CC(C)c1nn(C)cc1CNC1(C)CCCOC1. The molecule has 2 rings (SSSR count). The molecule has 102 valence electrons. The van der Waals surface area contributed by atoms with Crippen LogP contribution in [0, 0.1) is 0 Å². The summed E-state index contributed by atoms with van der Waals surface area (Å²) in [5, 5.41) is 8.19. The van der Waals surface area contributed by atoms with Crippen molar-refractivity contribution in [3.05, 3.63) is 17.5 Å². The summed E-state index contributed by atoms with van der Waals surface area (Å²) < 4.78 is 7.48. The highest BCUT2D eigenvalue weighted by Crippen LogP contribution is 2.21. The molecular formula is C14H25N3O. The zero-order chi connectivity index (χ0) is 13.2. The molecule has 4 heteroatoms. The predicted molar refractivity (Wildman–Crippen MR) is 72.6 cm³/mol. The number of ether oxygens (including phenoxy) is 1. The van der Waals surface area contributed by atoms with Gasteiger partial charge in [-0.1, -0.05) is 13.8 Å². The van der Waals surface area contributed by atoms with Crippen LogP contribution in [0.15, 0.2) is 6.20 Å². The van der Waals surface area contributed by atoms with Gasteiger partial charge in [0.1, 0.15) is 0 Å². The van der Waals surface area contributed by atoms with Gasteiger partial charge in [0.25, 0.3) is 0 Å². The number of hydrogen-bond acceptors (Lipinski definition) is 3. The van der Waals surface area contributed by atoms with Gasteiger partial charge in [0.2, 0.25) is 0 Å². The molecule has 0 bridgehead atoms. The zero-order valence-corrected chi connectivity index (χ0v) is 12.0. The first-order chi connectivity index (χ1) is 8.50. The van der Waals surface area contributed by atoms with Crippen LogP contribution < -0.4 is 5.32 Å². The average Bonchev–Trinajstić information content (AvgIpc) is 2.69. The molecule has 1 aromatic heterocycles. The number of rotatable bonds is 4. The first-order valence-electron chi connectivity index (χ1n) is 6.85. The van der Waals surface area contributed by atoms with Crippen LogP contribution in [-0.2, 0) is 18.3 Å². The van der Waals surface area contributed by atoms with Crippen molar-refractivity contribution in [2.75, 3.05) is 13.2 Å². The Balaban J connectivity index is 2.01. The molecule has 2 heterocycles. The highest BCUT2D eigenvalue weighted by Gasteiger charge is 2.27. The van der Waals surface area contributed by atoms with Crippen LogP contribution in [-0.4, -0.2) is 28.5 Å². The lowest BCUT2D eigenvalue weighted by Gasteiger charge is -2.34. The molecule has 0 aliphatic carbocycles. The minimum absolute atomic E-state index is 0.113. The minimum atomic E-state index is 0.113. The molecule has 0 aromatic carbocycles. The summed E-state index contributed by atoms with van der Waals surface area (Å²) >= 11 is 0. The van der Waals surface area contributed by atoms with Crippen molar-refractivity contribution in [1.82, 2.24) is 15.1 Å². The number of aryl methyl sites for hydroxylation is 1. The third-order valence-electron chi connectivity index (χ3n) is 3.63. The number of nitrogens with zero attached hydrogens (tertiary/aromatic N) is 2. The molecule has 1 unspecified atom stereocenters. The highest BCUT2D eigenvalue weighted by atomic mass is 16.5. The number of hydrogen-bond donors (Lipinski definition) is 1. The van der Waals surface area contributed by atoms with Crippen LogP contribution >= 0.6 is 0 Å². The summed E-state index contributed by atoms with van der Waals surface area (Å²) in [4.78, 5) is 0. The van der Waals surface area contributed by atoms with Crippen LogP contribution in [0.1, 0.15) is 50.8 Å². The van der Waals surface area contributed by atoms with E-state index in [1.165, 1.54) is 17.7 Å². The Kier molecular flexibility index (Phi) is 4.07. The Bertz CT molecular complexity index is 392. The first kappa shape index (κ1) is 13.6. The van der Waals surface area contributed by atoms with E-state index in [-0.39, 0.29) is 5.54 Å². The topological polar surface area (TPSA) is 39.1 Å². The maximum atomic E-state index is 5.57. The predicted octanol–water partition coefficient (Wildman–Crippen LogP) is 2.20. The lowest BCUT2D eigenvalue weighted by atomic mass is 9.94. The van der Waals surface area contributed by atoms with E-state index in [1.54, 1.807) is 0 Å². The molecule has 1 fully saturated rings. The van der Waals surface area contributed by atoms with E-state index in [4.69, 9.17) is 4.74 Å². The van der Waals surface area contributed by atoms with Crippen LogP contribution in [0.5, 0.6) is 0 Å². The van der Waals surface area contributed by atoms with Crippen molar-refractivity contribution >= 4 is 0 Å². The molecular weight excluding hydrogens is 226 g/mol. The molecule has 1 aliphatic rings. The Hall–Kier alpha value is -0.870. The lowest BCUT2D eigenvalue weighted by molar-refractivity contribution is 0.0277. The fourth-order valence-corrected chi connectivity index (χ4v) is 2.56. The molecule has 1 saturated heterocycles. The maximum Gasteiger partial charge on any atom is 0.0694 e. The molecule has 1 aromatic rings. The van der Waals surface area contributed by atoms with Gasteiger partial charge in [0.05, 0.1) is 12.3 Å². The lowest BCUT2D eigenvalue weighted by Crippen LogP contribution is -2.48.